The average Bonchev–Trinajstić information content (AvgIpc) is 2.93. The highest BCUT2D eigenvalue weighted by Gasteiger charge is 2.17. The van der Waals surface area contributed by atoms with Crippen molar-refractivity contribution in [3.05, 3.63) is 29.0 Å². The van der Waals surface area contributed by atoms with E-state index < -0.39 is 19.7 Å². The molecular weight excluding hydrogens is 416 g/mol. The smallest absolute Gasteiger partial charge is 0.180 e. The fourth-order valence-corrected chi connectivity index (χ4v) is 6.26. The number of hydrogen-bond acceptors (Lipinski definition) is 5. The van der Waals surface area contributed by atoms with Crippen molar-refractivity contribution in [2.75, 3.05) is 23.0 Å². The van der Waals surface area contributed by atoms with E-state index in [1.54, 1.807) is 0 Å². The number of aryl methyl sites for hydroxylation is 2. The Morgan fingerprint density at radius 2 is 1.14 bits per heavy atom. The van der Waals surface area contributed by atoms with Crippen molar-refractivity contribution in [1.29, 1.82) is 0 Å². The van der Waals surface area contributed by atoms with E-state index in [0.717, 1.165) is 23.9 Å². The van der Waals surface area contributed by atoms with Crippen LogP contribution in [-0.2, 0) is 32.8 Å². The Kier molecular flexibility index (Phi) is 8.27. The fourth-order valence-electron chi connectivity index (χ4n) is 3.10. The maximum absolute atomic E-state index is 12.2. The van der Waals surface area contributed by atoms with Crippen molar-refractivity contribution in [1.82, 2.24) is 9.13 Å². The fraction of sp³-hybridized carbons (Fsp3) is 0.632. The monoisotopic (exact) mass is 446 g/mol. The van der Waals surface area contributed by atoms with E-state index in [0.29, 0.717) is 17.6 Å². The molecule has 0 spiro atoms. The molecule has 28 heavy (non-hydrogen) atoms. The summed E-state index contributed by atoms with van der Waals surface area (Å²) in [5, 5.41) is 0. The van der Waals surface area contributed by atoms with Gasteiger partial charge < -0.3 is 9.13 Å². The van der Waals surface area contributed by atoms with Crippen LogP contribution < -0.4 is 0 Å². The molecule has 0 saturated heterocycles. The summed E-state index contributed by atoms with van der Waals surface area (Å²) in [6, 6.07) is 7.54. The van der Waals surface area contributed by atoms with Gasteiger partial charge in [-0.25, -0.2) is 16.8 Å². The molecule has 0 N–H and O–H groups in total. The van der Waals surface area contributed by atoms with Crippen molar-refractivity contribution >= 4 is 42.9 Å². The third-order valence-corrected chi connectivity index (χ3v) is 8.67. The van der Waals surface area contributed by atoms with E-state index in [2.05, 4.69) is 0 Å². The highest BCUT2D eigenvalue weighted by Crippen LogP contribution is 2.19. The molecule has 0 saturated carbocycles. The molecule has 0 aliphatic rings. The Hall–Kier alpha value is -1.19. The third kappa shape index (κ3) is 6.15. The number of hydrogen-bond donors (Lipinski definition) is 0. The Morgan fingerprint density at radius 3 is 1.50 bits per heavy atom. The number of aromatic nitrogens is 2. The first-order valence-corrected chi connectivity index (χ1v) is 13.8. The number of nitrogens with zero attached hydrogens (tertiary/aromatic N) is 2. The lowest BCUT2D eigenvalue weighted by molar-refractivity contribution is 0.582. The highest BCUT2D eigenvalue weighted by atomic mass is 32.2. The molecule has 1 heterocycles. The molecule has 0 amide bonds. The molecule has 0 fully saturated rings. The van der Waals surface area contributed by atoms with Crippen molar-refractivity contribution in [2.45, 2.75) is 52.6 Å². The number of imidazole rings is 1. The van der Waals surface area contributed by atoms with E-state index >= 15 is 0 Å². The predicted octanol–water partition coefficient (Wildman–Crippen LogP) is 3.60. The normalized spacial score (nSPS) is 12.6. The van der Waals surface area contributed by atoms with Gasteiger partial charge in [-0.05, 0) is 37.2 Å². The molecule has 2 rings (SSSR count). The van der Waals surface area contributed by atoms with Crippen LogP contribution in [0, 0.1) is 4.77 Å². The first-order chi connectivity index (χ1) is 13.2. The quantitative estimate of drug-likeness (QED) is 0.466. The predicted molar refractivity (Wildman–Crippen MR) is 118 cm³/mol. The largest absolute Gasteiger partial charge is 0.316 e. The summed E-state index contributed by atoms with van der Waals surface area (Å²) >= 11 is 5.58. The van der Waals surface area contributed by atoms with Crippen LogP contribution in [0.1, 0.15) is 39.5 Å². The lowest BCUT2D eigenvalue weighted by Gasteiger charge is -2.07. The van der Waals surface area contributed by atoms with Crippen molar-refractivity contribution in [2.24, 2.45) is 0 Å². The molecule has 1 aromatic heterocycles. The van der Waals surface area contributed by atoms with Gasteiger partial charge in [0.2, 0.25) is 0 Å². The number of fused-ring (bicyclic) bond motifs is 1. The van der Waals surface area contributed by atoms with Gasteiger partial charge in [-0.1, -0.05) is 38.8 Å². The van der Waals surface area contributed by atoms with Gasteiger partial charge in [0.15, 0.2) is 24.4 Å². The van der Waals surface area contributed by atoms with E-state index in [1.807, 2.05) is 47.2 Å². The second kappa shape index (κ2) is 10.0. The van der Waals surface area contributed by atoms with Crippen LogP contribution in [0.2, 0.25) is 0 Å². The zero-order valence-corrected chi connectivity index (χ0v) is 19.1. The average molecular weight is 447 g/mol. The molecule has 0 aliphatic carbocycles. The second-order valence-electron chi connectivity index (χ2n) is 7.09. The van der Waals surface area contributed by atoms with Crippen molar-refractivity contribution < 1.29 is 16.8 Å². The molecule has 9 heteroatoms. The summed E-state index contributed by atoms with van der Waals surface area (Å²) in [4.78, 5) is 0. The molecule has 158 valence electrons. The van der Waals surface area contributed by atoms with Crippen LogP contribution in [0.4, 0.5) is 0 Å². The molecule has 0 bridgehead atoms. The van der Waals surface area contributed by atoms with Crippen LogP contribution in [0.5, 0.6) is 0 Å². The van der Waals surface area contributed by atoms with Gasteiger partial charge in [-0.3, -0.25) is 0 Å². The Labute approximate surface area is 173 Å². The molecule has 1 aromatic carbocycles. The molecule has 0 atom stereocenters. The zero-order valence-electron chi connectivity index (χ0n) is 16.6. The lowest BCUT2D eigenvalue weighted by atomic mass is 10.3. The van der Waals surface area contributed by atoms with Gasteiger partial charge in [-0.15, -0.1) is 0 Å². The maximum atomic E-state index is 12.2. The summed E-state index contributed by atoms with van der Waals surface area (Å²) in [6.07, 6.45) is 2.99. The van der Waals surface area contributed by atoms with Crippen LogP contribution in [0.25, 0.3) is 11.0 Å². The van der Waals surface area contributed by atoms with Crippen LogP contribution >= 0.6 is 12.2 Å². The molecule has 0 unspecified atom stereocenters. The molecule has 0 aliphatic heterocycles. The van der Waals surface area contributed by atoms with E-state index in [-0.39, 0.29) is 36.1 Å². The summed E-state index contributed by atoms with van der Waals surface area (Å²) in [7, 11) is -6.27. The van der Waals surface area contributed by atoms with E-state index in [1.165, 1.54) is 0 Å². The number of rotatable bonds is 12. The van der Waals surface area contributed by atoms with Gasteiger partial charge in [0.25, 0.3) is 0 Å². The first kappa shape index (κ1) is 23.1. The van der Waals surface area contributed by atoms with Gasteiger partial charge in [-0.2, -0.15) is 0 Å². The summed E-state index contributed by atoms with van der Waals surface area (Å²) in [6.45, 7) is 4.49. The van der Waals surface area contributed by atoms with E-state index in [4.69, 9.17) is 12.2 Å². The number of para-hydroxylation sites is 2. The molecular formula is C19H30N2O4S3. The minimum Gasteiger partial charge on any atom is -0.316 e. The summed E-state index contributed by atoms with van der Waals surface area (Å²) in [5.74, 6) is 0.435. The standard InChI is InChI=1S/C19H30N2O4S3/c1-3-5-13-27(22,23)15-11-20-17-9-7-8-10-18(17)21(19(20)26)12-16-28(24,25)14-6-4-2/h7-10H,3-6,11-16H2,1-2H3. The van der Waals surface area contributed by atoms with Crippen molar-refractivity contribution in [3.63, 3.8) is 0 Å². The van der Waals surface area contributed by atoms with Crippen LogP contribution in [0.3, 0.4) is 0 Å². The number of benzene rings is 1. The zero-order chi connectivity index (χ0) is 20.8. The number of unbranched alkanes of at least 4 members (excludes halogenated alkanes) is 2. The van der Waals surface area contributed by atoms with Gasteiger partial charge in [0, 0.05) is 13.1 Å². The molecule has 6 nitrogen and oxygen atoms in total. The SMILES string of the molecule is CCCCS(=O)(=O)CCn1c(=S)n(CCS(=O)(=O)CCCC)c2ccccc21. The Bertz CT molecular complexity index is 969. The number of sulfone groups is 2. The third-order valence-electron chi connectivity index (χ3n) is 4.79. The van der Waals surface area contributed by atoms with Crippen LogP contribution in [-0.4, -0.2) is 49.0 Å². The summed E-state index contributed by atoms with van der Waals surface area (Å²) in [5.41, 5.74) is 1.67. The summed E-state index contributed by atoms with van der Waals surface area (Å²) < 4.78 is 53.1. The minimum atomic E-state index is -3.14. The van der Waals surface area contributed by atoms with Gasteiger partial charge in [0.1, 0.15) is 0 Å². The topological polar surface area (TPSA) is 78.1 Å². The Balaban J connectivity index is 2.27. The molecule has 2 aromatic rings. The molecule has 0 radical (unpaired) electrons. The van der Waals surface area contributed by atoms with Crippen molar-refractivity contribution in [3.8, 4) is 0 Å². The maximum Gasteiger partial charge on any atom is 0.180 e. The van der Waals surface area contributed by atoms with Gasteiger partial charge >= 0.3 is 0 Å². The Morgan fingerprint density at radius 1 is 0.750 bits per heavy atom. The van der Waals surface area contributed by atoms with E-state index in [9.17, 15) is 16.8 Å². The highest BCUT2D eigenvalue weighted by molar-refractivity contribution is 7.91. The van der Waals surface area contributed by atoms with Gasteiger partial charge in [0.05, 0.1) is 34.0 Å². The lowest BCUT2D eigenvalue weighted by Crippen LogP contribution is -2.18. The first-order valence-electron chi connectivity index (χ1n) is 9.79. The minimum absolute atomic E-state index is 0.0319. The second-order valence-corrected chi connectivity index (χ2v) is 12.1. The van der Waals surface area contributed by atoms with Crippen LogP contribution in [0.15, 0.2) is 24.3 Å².